The summed E-state index contributed by atoms with van der Waals surface area (Å²) in [7, 11) is 1.44. The smallest absolute Gasteiger partial charge is 0.238 e. The van der Waals surface area contributed by atoms with E-state index in [-0.39, 0.29) is 22.3 Å². The minimum atomic E-state index is -1.13. The highest BCUT2D eigenvalue weighted by molar-refractivity contribution is 6.34. The van der Waals surface area contributed by atoms with Crippen molar-refractivity contribution in [3.63, 3.8) is 0 Å². The Hall–Kier alpha value is -1.43. The van der Waals surface area contributed by atoms with E-state index in [4.69, 9.17) is 27.9 Å². The number of aliphatic hydroxyl groups excluding tert-OH is 1. The third kappa shape index (κ3) is 2.53. The zero-order chi connectivity index (χ0) is 13.1. The fraction of sp³-hybridized carbons (Fsp3) is 0.182. The number of rotatable bonds is 3. The van der Waals surface area contributed by atoms with E-state index in [2.05, 4.69) is 15.0 Å². The van der Waals surface area contributed by atoms with E-state index in [0.717, 1.165) is 0 Å². The molecule has 94 valence electrons. The van der Waals surface area contributed by atoms with Gasteiger partial charge in [-0.1, -0.05) is 23.2 Å². The number of nitrogens with zero attached hydrogens (tertiary/aromatic N) is 3. The van der Waals surface area contributed by atoms with Crippen LogP contribution < -0.4 is 4.74 Å². The number of aromatic nitrogens is 3. The Morgan fingerprint density at radius 1 is 1.17 bits per heavy atom. The van der Waals surface area contributed by atoms with Gasteiger partial charge in [0.1, 0.15) is 11.8 Å². The van der Waals surface area contributed by atoms with E-state index in [1.54, 1.807) is 0 Å². The molecule has 0 bridgehead atoms. The van der Waals surface area contributed by atoms with Crippen LogP contribution in [0.15, 0.2) is 24.7 Å². The molecular weight excluding hydrogens is 277 g/mol. The molecule has 0 fully saturated rings. The number of hydrogen-bond donors (Lipinski definition) is 1. The number of aliphatic hydroxyl groups is 1. The van der Waals surface area contributed by atoms with Gasteiger partial charge in [0.25, 0.3) is 0 Å². The molecule has 0 aliphatic rings. The zero-order valence-corrected chi connectivity index (χ0v) is 10.9. The molecule has 2 heterocycles. The Bertz CT molecular complexity index is 566. The van der Waals surface area contributed by atoms with Crippen LogP contribution in [0.5, 0.6) is 5.88 Å². The summed E-state index contributed by atoms with van der Waals surface area (Å²) in [5.41, 5.74) is 0.497. The number of halogens is 2. The molecule has 0 aliphatic carbocycles. The Morgan fingerprint density at radius 2 is 1.89 bits per heavy atom. The molecule has 0 saturated heterocycles. The molecular formula is C11H9Cl2N3O2. The summed E-state index contributed by atoms with van der Waals surface area (Å²) < 4.78 is 5.02. The maximum atomic E-state index is 10.2. The SMILES string of the molecule is COc1nccnc1C(O)c1ncc(Cl)cc1Cl. The van der Waals surface area contributed by atoms with E-state index in [0.29, 0.717) is 5.02 Å². The Morgan fingerprint density at radius 3 is 2.56 bits per heavy atom. The van der Waals surface area contributed by atoms with Crippen molar-refractivity contribution in [2.24, 2.45) is 0 Å². The van der Waals surface area contributed by atoms with Crippen LogP contribution in [0.25, 0.3) is 0 Å². The van der Waals surface area contributed by atoms with Crippen LogP contribution in [0.2, 0.25) is 10.0 Å². The highest BCUT2D eigenvalue weighted by Gasteiger charge is 2.21. The van der Waals surface area contributed by atoms with Crippen LogP contribution in [-0.4, -0.2) is 27.2 Å². The second kappa shape index (κ2) is 5.48. The predicted octanol–water partition coefficient (Wildman–Crippen LogP) is 2.27. The maximum Gasteiger partial charge on any atom is 0.238 e. The highest BCUT2D eigenvalue weighted by atomic mass is 35.5. The average molecular weight is 286 g/mol. The first-order chi connectivity index (χ1) is 8.63. The van der Waals surface area contributed by atoms with Gasteiger partial charge in [-0.15, -0.1) is 0 Å². The van der Waals surface area contributed by atoms with Crippen molar-refractivity contribution in [3.05, 3.63) is 46.1 Å². The molecule has 0 spiro atoms. The molecule has 2 aromatic heterocycles. The van der Waals surface area contributed by atoms with Crippen molar-refractivity contribution in [2.45, 2.75) is 6.10 Å². The van der Waals surface area contributed by atoms with Gasteiger partial charge < -0.3 is 9.84 Å². The predicted molar refractivity (Wildman–Crippen MR) is 66.9 cm³/mol. The van der Waals surface area contributed by atoms with Crippen LogP contribution in [-0.2, 0) is 0 Å². The van der Waals surface area contributed by atoms with Crippen LogP contribution in [0.4, 0.5) is 0 Å². The second-order valence-electron chi connectivity index (χ2n) is 3.37. The molecule has 0 aliphatic heterocycles. The van der Waals surface area contributed by atoms with E-state index in [1.165, 1.54) is 31.8 Å². The lowest BCUT2D eigenvalue weighted by Crippen LogP contribution is -2.08. The number of ether oxygens (including phenoxy) is 1. The minimum Gasteiger partial charge on any atom is -0.480 e. The largest absolute Gasteiger partial charge is 0.480 e. The molecule has 2 rings (SSSR count). The van der Waals surface area contributed by atoms with Crippen LogP contribution >= 0.6 is 23.2 Å². The quantitative estimate of drug-likeness (QED) is 0.937. The van der Waals surface area contributed by atoms with Crippen LogP contribution in [0.3, 0.4) is 0 Å². The average Bonchev–Trinajstić information content (AvgIpc) is 2.38. The summed E-state index contributed by atoms with van der Waals surface area (Å²) in [5.74, 6) is 0.220. The lowest BCUT2D eigenvalue weighted by molar-refractivity contribution is 0.203. The summed E-state index contributed by atoms with van der Waals surface area (Å²) in [5, 5.41) is 10.8. The van der Waals surface area contributed by atoms with Crippen LogP contribution in [0.1, 0.15) is 17.5 Å². The van der Waals surface area contributed by atoms with Crippen molar-refractivity contribution in [2.75, 3.05) is 7.11 Å². The molecule has 0 amide bonds. The Labute approximate surface area is 113 Å². The second-order valence-corrected chi connectivity index (χ2v) is 4.22. The molecule has 0 aromatic carbocycles. The lowest BCUT2D eigenvalue weighted by Gasteiger charge is -2.13. The van der Waals surface area contributed by atoms with Gasteiger partial charge in [0.05, 0.1) is 22.8 Å². The van der Waals surface area contributed by atoms with Gasteiger partial charge >= 0.3 is 0 Å². The van der Waals surface area contributed by atoms with Gasteiger partial charge in [0.2, 0.25) is 5.88 Å². The first-order valence-electron chi connectivity index (χ1n) is 4.97. The fourth-order valence-corrected chi connectivity index (χ4v) is 1.92. The summed E-state index contributed by atoms with van der Waals surface area (Å²) in [6.07, 6.45) is 3.18. The van der Waals surface area contributed by atoms with Gasteiger partial charge in [-0.3, -0.25) is 9.97 Å². The summed E-state index contributed by atoms with van der Waals surface area (Å²) in [6, 6.07) is 1.50. The minimum absolute atomic E-state index is 0.220. The molecule has 18 heavy (non-hydrogen) atoms. The van der Waals surface area contributed by atoms with Crippen molar-refractivity contribution in [3.8, 4) is 5.88 Å². The van der Waals surface area contributed by atoms with Crippen molar-refractivity contribution in [1.82, 2.24) is 15.0 Å². The standard InChI is InChI=1S/C11H9Cl2N3O2/c1-18-11-9(14-2-3-15-11)10(17)8-7(13)4-6(12)5-16-8/h2-5,10,17H,1H3. The van der Waals surface area contributed by atoms with Gasteiger partial charge in [-0.25, -0.2) is 4.98 Å². The Kier molecular flexibility index (Phi) is 3.96. The topological polar surface area (TPSA) is 68.1 Å². The summed E-state index contributed by atoms with van der Waals surface area (Å²) >= 11 is 11.7. The fourth-order valence-electron chi connectivity index (χ4n) is 1.44. The molecule has 5 nitrogen and oxygen atoms in total. The van der Waals surface area contributed by atoms with E-state index in [9.17, 15) is 5.11 Å². The van der Waals surface area contributed by atoms with Gasteiger partial charge in [-0.2, -0.15) is 0 Å². The highest BCUT2D eigenvalue weighted by Crippen LogP contribution is 2.30. The van der Waals surface area contributed by atoms with Crippen molar-refractivity contribution >= 4 is 23.2 Å². The number of pyridine rings is 1. The van der Waals surface area contributed by atoms with Gasteiger partial charge in [0, 0.05) is 18.6 Å². The number of hydrogen-bond acceptors (Lipinski definition) is 5. The first-order valence-corrected chi connectivity index (χ1v) is 5.73. The molecule has 7 heteroatoms. The molecule has 1 unspecified atom stereocenters. The molecule has 1 atom stereocenters. The monoisotopic (exact) mass is 285 g/mol. The summed E-state index contributed by atoms with van der Waals surface area (Å²) in [6.45, 7) is 0. The molecule has 0 radical (unpaired) electrons. The molecule has 2 aromatic rings. The van der Waals surface area contributed by atoms with E-state index >= 15 is 0 Å². The first kappa shape index (κ1) is 13.0. The van der Waals surface area contributed by atoms with E-state index < -0.39 is 6.10 Å². The maximum absolute atomic E-state index is 10.2. The third-order valence-electron chi connectivity index (χ3n) is 2.24. The number of methoxy groups -OCH3 is 1. The molecule has 1 N–H and O–H groups in total. The van der Waals surface area contributed by atoms with Crippen molar-refractivity contribution in [1.29, 1.82) is 0 Å². The van der Waals surface area contributed by atoms with Gasteiger partial charge in [0.15, 0.2) is 0 Å². The Balaban J connectivity index is 2.44. The van der Waals surface area contributed by atoms with Gasteiger partial charge in [-0.05, 0) is 6.07 Å². The normalized spacial score (nSPS) is 12.2. The zero-order valence-electron chi connectivity index (χ0n) is 9.34. The van der Waals surface area contributed by atoms with Crippen LogP contribution in [0, 0.1) is 0 Å². The van der Waals surface area contributed by atoms with E-state index in [1.807, 2.05) is 0 Å². The molecule has 0 saturated carbocycles. The third-order valence-corrected chi connectivity index (χ3v) is 2.75. The van der Waals surface area contributed by atoms with Crippen molar-refractivity contribution < 1.29 is 9.84 Å². The lowest BCUT2D eigenvalue weighted by atomic mass is 10.1. The summed E-state index contributed by atoms with van der Waals surface area (Å²) in [4.78, 5) is 12.0.